The topological polar surface area (TPSA) is 40.2 Å². The Kier molecular flexibility index (Phi) is 4.45. The zero-order chi connectivity index (χ0) is 7.94. The molecule has 0 bridgehead atoms. The van der Waals surface area contributed by atoms with Crippen LogP contribution >= 0.6 is 0 Å². The van der Waals surface area contributed by atoms with Gasteiger partial charge in [-0.15, -0.1) is 0 Å². The van der Waals surface area contributed by atoms with Gasteiger partial charge < -0.3 is 9.47 Å². The predicted octanol–water partition coefficient (Wildman–Crippen LogP) is 0.370. The monoisotopic (exact) mass is 162 g/mol. The van der Waals surface area contributed by atoms with Gasteiger partial charge in [0.15, 0.2) is 0 Å². The SMILES string of the molecule is CCOCCOOCC1CO1. The zero-order valence-corrected chi connectivity index (χ0v) is 6.75. The minimum Gasteiger partial charge on any atom is -0.379 e. The highest BCUT2D eigenvalue weighted by Crippen LogP contribution is 2.08. The van der Waals surface area contributed by atoms with E-state index < -0.39 is 0 Å². The molecule has 0 aromatic heterocycles. The van der Waals surface area contributed by atoms with Crippen LogP contribution in [-0.2, 0) is 19.2 Å². The normalized spacial score (nSPS) is 22.1. The van der Waals surface area contributed by atoms with Crippen molar-refractivity contribution >= 4 is 0 Å². The summed E-state index contributed by atoms with van der Waals surface area (Å²) in [4.78, 5) is 9.58. The molecule has 1 fully saturated rings. The summed E-state index contributed by atoms with van der Waals surface area (Å²) in [6, 6.07) is 0. The summed E-state index contributed by atoms with van der Waals surface area (Å²) in [5.41, 5.74) is 0. The maximum absolute atomic E-state index is 5.02. The highest BCUT2D eigenvalue weighted by Gasteiger charge is 2.22. The van der Waals surface area contributed by atoms with Gasteiger partial charge in [0.2, 0.25) is 0 Å². The molecule has 1 heterocycles. The Labute approximate surface area is 66.3 Å². The molecule has 1 unspecified atom stereocenters. The molecule has 0 aliphatic carbocycles. The van der Waals surface area contributed by atoms with Crippen molar-refractivity contribution < 1.29 is 19.2 Å². The fourth-order valence-corrected chi connectivity index (χ4v) is 0.584. The van der Waals surface area contributed by atoms with Crippen LogP contribution in [0.5, 0.6) is 0 Å². The van der Waals surface area contributed by atoms with Crippen molar-refractivity contribution in [3.8, 4) is 0 Å². The molecular formula is C7H14O4. The van der Waals surface area contributed by atoms with Gasteiger partial charge in [0.1, 0.15) is 19.3 Å². The highest BCUT2D eigenvalue weighted by molar-refractivity contribution is 4.65. The second kappa shape index (κ2) is 5.49. The highest BCUT2D eigenvalue weighted by atomic mass is 17.2. The summed E-state index contributed by atoms with van der Waals surface area (Å²) in [6.45, 7) is 5.07. The number of rotatable bonds is 7. The van der Waals surface area contributed by atoms with E-state index >= 15 is 0 Å². The zero-order valence-electron chi connectivity index (χ0n) is 6.75. The Bertz CT molecular complexity index is 92.4. The molecule has 1 atom stereocenters. The molecule has 0 amide bonds. The first-order chi connectivity index (χ1) is 5.43. The third-order valence-corrected chi connectivity index (χ3v) is 1.25. The third kappa shape index (κ3) is 5.15. The first kappa shape index (κ1) is 8.93. The van der Waals surface area contributed by atoms with Gasteiger partial charge in [-0.2, -0.15) is 0 Å². The molecule has 11 heavy (non-hydrogen) atoms. The molecule has 1 saturated heterocycles. The lowest BCUT2D eigenvalue weighted by Crippen LogP contribution is -2.07. The molecule has 0 saturated carbocycles. The van der Waals surface area contributed by atoms with E-state index in [1.165, 1.54) is 0 Å². The largest absolute Gasteiger partial charge is 0.379 e. The second-order valence-corrected chi connectivity index (χ2v) is 2.26. The van der Waals surface area contributed by atoms with Gasteiger partial charge in [0.05, 0.1) is 13.2 Å². The number of hydrogen-bond donors (Lipinski definition) is 0. The molecule has 1 aliphatic rings. The fourth-order valence-electron chi connectivity index (χ4n) is 0.584. The van der Waals surface area contributed by atoms with E-state index in [1.807, 2.05) is 6.92 Å². The van der Waals surface area contributed by atoms with E-state index in [4.69, 9.17) is 19.2 Å². The van der Waals surface area contributed by atoms with E-state index in [2.05, 4.69) is 0 Å². The summed E-state index contributed by atoms with van der Waals surface area (Å²) >= 11 is 0. The lowest BCUT2D eigenvalue weighted by molar-refractivity contribution is -0.300. The van der Waals surface area contributed by atoms with Crippen LogP contribution in [0.1, 0.15) is 6.92 Å². The van der Waals surface area contributed by atoms with Gasteiger partial charge in [0.25, 0.3) is 0 Å². The van der Waals surface area contributed by atoms with E-state index in [1.54, 1.807) is 0 Å². The quantitative estimate of drug-likeness (QED) is 0.235. The smallest absolute Gasteiger partial charge is 0.111 e. The Morgan fingerprint density at radius 2 is 2.18 bits per heavy atom. The van der Waals surface area contributed by atoms with E-state index in [9.17, 15) is 0 Å². The van der Waals surface area contributed by atoms with Gasteiger partial charge in [-0.05, 0) is 6.92 Å². The van der Waals surface area contributed by atoms with Crippen molar-refractivity contribution in [2.75, 3.05) is 33.0 Å². The summed E-state index contributed by atoms with van der Waals surface area (Å²) in [5.74, 6) is 0. The summed E-state index contributed by atoms with van der Waals surface area (Å²) < 4.78 is 9.92. The Hall–Kier alpha value is -0.160. The molecule has 0 radical (unpaired) electrons. The number of epoxide rings is 1. The average molecular weight is 162 g/mol. The molecule has 0 aromatic rings. The first-order valence-electron chi connectivity index (χ1n) is 3.87. The average Bonchev–Trinajstić information content (AvgIpc) is 2.80. The Morgan fingerprint density at radius 3 is 2.82 bits per heavy atom. The van der Waals surface area contributed by atoms with Crippen LogP contribution in [0.15, 0.2) is 0 Å². The van der Waals surface area contributed by atoms with Crippen molar-refractivity contribution in [2.45, 2.75) is 13.0 Å². The van der Waals surface area contributed by atoms with Gasteiger partial charge in [-0.25, -0.2) is 9.78 Å². The van der Waals surface area contributed by atoms with Crippen molar-refractivity contribution in [3.05, 3.63) is 0 Å². The van der Waals surface area contributed by atoms with Crippen molar-refractivity contribution in [2.24, 2.45) is 0 Å². The third-order valence-electron chi connectivity index (χ3n) is 1.25. The van der Waals surface area contributed by atoms with Crippen molar-refractivity contribution in [1.82, 2.24) is 0 Å². The minimum absolute atomic E-state index is 0.266. The fraction of sp³-hybridized carbons (Fsp3) is 1.00. The molecular weight excluding hydrogens is 148 g/mol. The maximum atomic E-state index is 5.02. The van der Waals surface area contributed by atoms with Gasteiger partial charge in [-0.1, -0.05) is 0 Å². The minimum atomic E-state index is 0.266. The van der Waals surface area contributed by atoms with Crippen molar-refractivity contribution in [3.63, 3.8) is 0 Å². The van der Waals surface area contributed by atoms with Crippen LogP contribution in [0.4, 0.5) is 0 Å². The standard InChI is InChI=1S/C7H14O4/c1-2-8-3-4-10-11-6-7-5-9-7/h7H,2-6H2,1H3. The Morgan fingerprint density at radius 1 is 1.36 bits per heavy atom. The maximum Gasteiger partial charge on any atom is 0.111 e. The lowest BCUT2D eigenvalue weighted by Gasteiger charge is -2.01. The van der Waals surface area contributed by atoms with E-state index in [-0.39, 0.29) is 6.10 Å². The molecule has 4 heteroatoms. The molecule has 1 rings (SSSR count). The van der Waals surface area contributed by atoms with Gasteiger partial charge >= 0.3 is 0 Å². The van der Waals surface area contributed by atoms with Gasteiger partial charge in [0, 0.05) is 6.61 Å². The molecule has 0 spiro atoms. The molecule has 66 valence electrons. The van der Waals surface area contributed by atoms with E-state index in [0.29, 0.717) is 19.8 Å². The number of ether oxygens (including phenoxy) is 2. The van der Waals surface area contributed by atoms with Crippen molar-refractivity contribution in [1.29, 1.82) is 0 Å². The predicted molar refractivity (Wildman–Crippen MR) is 38.1 cm³/mol. The molecule has 1 aliphatic heterocycles. The van der Waals surface area contributed by atoms with Crippen LogP contribution in [0.3, 0.4) is 0 Å². The lowest BCUT2D eigenvalue weighted by atomic mass is 10.5. The molecule has 0 aromatic carbocycles. The van der Waals surface area contributed by atoms with Gasteiger partial charge in [-0.3, -0.25) is 0 Å². The molecule has 4 nitrogen and oxygen atoms in total. The van der Waals surface area contributed by atoms with Crippen LogP contribution in [-0.4, -0.2) is 39.1 Å². The van der Waals surface area contributed by atoms with Crippen LogP contribution in [0.25, 0.3) is 0 Å². The summed E-state index contributed by atoms with van der Waals surface area (Å²) in [5, 5.41) is 0. The van der Waals surface area contributed by atoms with Crippen LogP contribution in [0.2, 0.25) is 0 Å². The molecule has 0 N–H and O–H groups in total. The second-order valence-electron chi connectivity index (χ2n) is 2.26. The van der Waals surface area contributed by atoms with E-state index in [0.717, 1.165) is 13.2 Å². The summed E-state index contributed by atoms with van der Waals surface area (Å²) in [7, 11) is 0. The summed E-state index contributed by atoms with van der Waals surface area (Å²) in [6.07, 6.45) is 0.266. The van der Waals surface area contributed by atoms with Crippen LogP contribution < -0.4 is 0 Å². The first-order valence-corrected chi connectivity index (χ1v) is 3.87. The van der Waals surface area contributed by atoms with Crippen LogP contribution in [0, 0.1) is 0 Å². The number of hydrogen-bond acceptors (Lipinski definition) is 4. The Balaban J connectivity index is 1.66.